The molecule has 26 heavy (non-hydrogen) atoms. The number of fused-ring (bicyclic) bond motifs is 1. The van der Waals surface area contributed by atoms with Gasteiger partial charge in [-0.15, -0.1) is 0 Å². The van der Waals surface area contributed by atoms with Crippen molar-refractivity contribution in [3.63, 3.8) is 0 Å². The van der Waals surface area contributed by atoms with Crippen LogP contribution in [0, 0.1) is 5.92 Å². The number of hydrogen-bond acceptors (Lipinski definition) is 3. The maximum absolute atomic E-state index is 12.3. The Morgan fingerprint density at radius 2 is 2.15 bits per heavy atom. The van der Waals surface area contributed by atoms with Crippen LogP contribution in [-0.4, -0.2) is 28.9 Å². The van der Waals surface area contributed by atoms with Gasteiger partial charge >= 0.3 is 0 Å². The average molecular weight is 347 g/mol. The molecular weight excluding hydrogens is 322 g/mol. The van der Waals surface area contributed by atoms with Crippen LogP contribution >= 0.6 is 0 Å². The molecule has 1 atom stereocenters. The van der Waals surface area contributed by atoms with E-state index in [4.69, 9.17) is 0 Å². The first-order valence-electron chi connectivity index (χ1n) is 9.49. The minimum atomic E-state index is -0.160. The lowest BCUT2D eigenvalue weighted by Crippen LogP contribution is -2.35. The minimum Gasteiger partial charge on any atom is -0.321 e. The van der Waals surface area contributed by atoms with E-state index in [0.29, 0.717) is 5.69 Å². The molecule has 0 spiro atoms. The molecule has 0 fully saturated rings. The molecule has 4 rings (SSSR count). The number of rotatable bonds is 4. The number of nitrogens with zero attached hydrogens (tertiary/aromatic N) is 2. The standard InChI is InChI=1S/C22H25N3O/c26-22(21-8-4-5-12-23-21)24-20-10-9-18-11-13-25(16-19(18)14-20)15-17-6-2-1-3-7-17/h1-2,4-5,8-10,12,14,17H,3,6-7,11,13,15-16H2,(H,24,26). The molecule has 2 heterocycles. The van der Waals surface area contributed by atoms with E-state index in [1.54, 1.807) is 12.3 Å². The van der Waals surface area contributed by atoms with Crippen LogP contribution < -0.4 is 5.32 Å². The Hall–Kier alpha value is -2.46. The van der Waals surface area contributed by atoms with Gasteiger partial charge in [-0.25, -0.2) is 0 Å². The Labute approximate surface area is 154 Å². The van der Waals surface area contributed by atoms with Crippen molar-refractivity contribution in [2.75, 3.05) is 18.4 Å². The number of anilines is 1. The highest BCUT2D eigenvalue weighted by Crippen LogP contribution is 2.26. The molecule has 4 nitrogen and oxygen atoms in total. The molecule has 2 aromatic rings. The van der Waals surface area contributed by atoms with Gasteiger partial charge in [-0.05, 0) is 67.0 Å². The number of benzene rings is 1. The second kappa shape index (κ2) is 7.83. The summed E-state index contributed by atoms with van der Waals surface area (Å²) in [6, 6.07) is 11.7. The zero-order chi connectivity index (χ0) is 17.8. The third-order valence-electron chi connectivity index (χ3n) is 5.35. The summed E-state index contributed by atoms with van der Waals surface area (Å²) in [5.74, 6) is 0.626. The average Bonchev–Trinajstić information content (AvgIpc) is 2.69. The van der Waals surface area contributed by atoms with Gasteiger partial charge in [0.1, 0.15) is 5.69 Å². The SMILES string of the molecule is O=C(Nc1ccc2c(c1)CN(CC1CC=CCC1)CC2)c1ccccn1. The van der Waals surface area contributed by atoms with Crippen molar-refractivity contribution < 1.29 is 4.79 Å². The summed E-state index contributed by atoms with van der Waals surface area (Å²) in [5.41, 5.74) is 4.03. The molecule has 1 amide bonds. The number of aromatic nitrogens is 1. The zero-order valence-electron chi connectivity index (χ0n) is 15.0. The maximum Gasteiger partial charge on any atom is 0.274 e. The molecule has 4 heteroatoms. The molecule has 1 N–H and O–H groups in total. The quantitative estimate of drug-likeness (QED) is 0.849. The Morgan fingerprint density at radius 1 is 1.19 bits per heavy atom. The van der Waals surface area contributed by atoms with Crippen LogP contribution in [0.5, 0.6) is 0 Å². The predicted molar refractivity (Wildman–Crippen MR) is 104 cm³/mol. The second-order valence-corrected chi connectivity index (χ2v) is 7.29. The lowest BCUT2D eigenvalue weighted by Gasteiger charge is -2.32. The highest BCUT2D eigenvalue weighted by Gasteiger charge is 2.20. The van der Waals surface area contributed by atoms with Crippen LogP contribution in [0.15, 0.2) is 54.7 Å². The highest BCUT2D eigenvalue weighted by atomic mass is 16.1. The van der Waals surface area contributed by atoms with E-state index in [1.807, 2.05) is 18.2 Å². The van der Waals surface area contributed by atoms with E-state index in [0.717, 1.165) is 31.1 Å². The fourth-order valence-corrected chi connectivity index (χ4v) is 3.93. The number of nitrogens with one attached hydrogen (secondary N) is 1. The van der Waals surface area contributed by atoms with Gasteiger partial charge in [0.05, 0.1) is 0 Å². The van der Waals surface area contributed by atoms with Crippen LogP contribution in [-0.2, 0) is 13.0 Å². The zero-order valence-corrected chi connectivity index (χ0v) is 15.0. The summed E-state index contributed by atoms with van der Waals surface area (Å²) in [6.45, 7) is 3.28. The fourth-order valence-electron chi connectivity index (χ4n) is 3.93. The molecule has 1 aliphatic heterocycles. The van der Waals surface area contributed by atoms with Crippen molar-refractivity contribution in [3.8, 4) is 0 Å². The highest BCUT2D eigenvalue weighted by molar-refractivity contribution is 6.02. The Balaban J connectivity index is 1.42. The van der Waals surface area contributed by atoms with Crippen LogP contribution in [0.2, 0.25) is 0 Å². The number of carbonyl (C=O) groups excluding carboxylic acids is 1. The molecule has 1 aliphatic carbocycles. The number of carbonyl (C=O) groups is 1. The summed E-state index contributed by atoms with van der Waals surface area (Å²) < 4.78 is 0. The molecule has 0 saturated heterocycles. The van der Waals surface area contributed by atoms with Gasteiger partial charge in [0.2, 0.25) is 0 Å². The number of pyridine rings is 1. The van der Waals surface area contributed by atoms with E-state index >= 15 is 0 Å². The largest absolute Gasteiger partial charge is 0.321 e. The van der Waals surface area contributed by atoms with Crippen LogP contribution in [0.1, 0.15) is 40.9 Å². The number of amides is 1. The fraction of sp³-hybridized carbons (Fsp3) is 0.364. The smallest absolute Gasteiger partial charge is 0.274 e. The Morgan fingerprint density at radius 3 is 2.96 bits per heavy atom. The van der Waals surface area contributed by atoms with E-state index in [9.17, 15) is 4.79 Å². The summed E-state index contributed by atoms with van der Waals surface area (Å²) in [7, 11) is 0. The van der Waals surface area contributed by atoms with E-state index < -0.39 is 0 Å². The van der Waals surface area contributed by atoms with E-state index in [-0.39, 0.29) is 5.91 Å². The summed E-state index contributed by atoms with van der Waals surface area (Å²) in [5, 5.41) is 2.98. The van der Waals surface area contributed by atoms with Crippen LogP contribution in [0.25, 0.3) is 0 Å². The number of hydrogen-bond donors (Lipinski definition) is 1. The molecule has 2 aliphatic rings. The molecule has 1 aromatic carbocycles. The Bertz CT molecular complexity index is 800. The lowest BCUT2D eigenvalue weighted by molar-refractivity contribution is 0.102. The monoisotopic (exact) mass is 347 g/mol. The van der Waals surface area contributed by atoms with Crippen molar-refractivity contribution in [1.82, 2.24) is 9.88 Å². The van der Waals surface area contributed by atoms with Gasteiger partial charge in [0.25, 0.3) is 5.91 Å². The Kier molecular flexibility index (Phi) is 5.12. The van der Waals surface area contributed by atoms with Crippen LogP contribution in [0.4, 0.5) is 5.69 Å². The number of allylic oxidation sites excluding steroid dienone is 2. The van der Waals surface area contributed by atoms with E-state index in [1.165, 1.54) is 36.9 Å². The molecule has 0 saturated carbocycles. The maximum atomic E-state index is 12.3. The molecule has 134 valence electrons. The first-order valence-corrected chi connectivity index (χ1v) is 9.49. The van der Waals surface area contributed by atoms with Crippen molar-refractivity contribution in [1.29, 1.82) is 0 Å². The van der Waals surface area contributed by atoms with Gasteiger partial charge in [-0.2, -0.15) is 0 Å². The van der Waals surface area contributed by atoms with Crippen molar-refractivity contribution in [2.45, 2.75) is 32.2 Å². The van der Waals surface area contributed by atoms with Gasteiger partial charge in [0.15, 0.2) is 0 Å². The molecular formula is C22H25N3O. The van der Waals surface area contributed by atoms with Crippen molar-refractivity contribution in [3.05, 3.63) is 71.6 Å². The minimum absolute atomic E-state index is 0.160. The van der Waals surface area contributed by atoms with Crippen molar-refractivity contribution in [2.24, 2.45) is 5.92 Å². The summed E-state index contributed by atoms with van der Waals surface area (Å²) in [6.07, 6.45) is 11.1. The van der Waals surface area contributed by atoms with Gasteiger partial charge in [-0.1, -0.05) is 24.3 Å². The molecule has 0 radical (unpaired) electrons. The molecule has 1 aromatic heterocycles. The summed E-state index contributed by atoms with van der Waals surface area (Å²) in [4.78, 5) is 19.0. The first-order chi connectivity index (χ1) is 12.8. The van der Waals surface area contributed by atoms with Gasteiger partial charge in [0, 0.05) is 31.5 Å². The van der Waals surface area contributed by atoms with Crippen molar-refractivity contribution >= 4 is 11.6 Å². The lowest BCUT2D eigenvalue weighted by atomic mass is 9.92. The van der Waals surface area contributed by atoms with E-state index in [2.05, 4.69) is 39.5 Å². The van der Waals surface area contributed by atoms with Gasteiger partial charge < -0.3 is 5.32 Å². The summed E-state index contributed by atoms with van der Waals surface area (Å²) >= 11 is 0. The third-order valence-corrected chi connectivity index (χ3v) is 5.35. The molecule has 0 bridgehead atoms. The third kappa shape index (κ3) is 4.02. The van der Waals surface area contributed by atoms with Crippen LogP contribution in [0.3, 0.4) is 0 Å². The molecule has 1 unspecified atom stereocenters. The topological polar surface area (TPSA) is 45.2 Å². The first kappa shape index (κ1) is 17.0. The normalized spacial score (nSPS) is 19.8. The second-order valence-electron chi connectivity index (χ2n) is 7.29. The predicted octanol–water partition coefficient (Wildman–Crippen LogP) is 4.05. The van der Waals surface area contributed by atoms with Gasteiger partial charge in [-0.3, -0.25) is 14.7 Å².